The molecule has 1 aromatic carbocycles. The van der Waals surface area contributed by atoms with Crippen LogP contribution in [0.25, 0.3) is 10.9 Å². The van der Waals surface area contributed by atoms with Gasteiger partial charge in [-0.25, -0.2) is 4.79 Å². The lowest BCUT2D eigenvalue weighted by Gasteiger charge is -2.43. The van der Waals surface area contributed by atoms with E-state index >= 15 is 0 Å². The molecule has 9 heteroatoms. The maximum Gasteiger partial charge on any atom is 0.325 e. The van der Waals surface area contributed by atoms with E-state index in [2.05, 4.69) is 41.9 Å². The minimum atomic E-state index is -0.961. The average molecular weight is 440 g/mol. The molecular formula is C23H29N5O4. The van der Waals surface area contributed by atoms with Crippen LogP contribution in [-0.4, -0.2) is 45.7 Å². The number of rotatable bonds is 4. The summed E-state index contributed by atoms with van der Waals surface area (Å²) in [6.07, 6.45) is 3.89. The van der Waals surface area contributed by atoms with E-state index in [0.717, 1.165) is 27.8 Å². The zero-order valence-corrected chi connectivity index (χ0v) is 18.6. The zero-order valence-electron chi connectivity index (χ0n) is 18.6. The first kappa shape index (κ1) is 21.9. The minimum Gasteiger partial charge on any atom is -0.361 e. The van der Waals surface area contributed by atoms with Gasteiger partial charge in [0.15, 0.2) is 0 Å². The number of aromatic nitrogens is 1. The molecule has 1 aliphatic heterocycles. The molecule has 2 aromatic rings. The molecule has 0 radical (unpaired) electrons. The fourth-order valence-corrected chi connectivity index (χ4v) is 5.47. The number of hydrogen-bond acceptors (Lipinski definition) is 4. The molecule has 1 aliphatic carbocycles. The minimum absolute atomic E-state index is 0.0729. The summed E-state index contributed by atoms with van der Waals surface area (Å²) in [5, 5.41) is 3.77. The summed E-state index contributed by atoms with van der Waals surface area (Å²) in [6, 6.07) is 7.04. The highest BCUT2D eigenvalue weighted by molar-refractivity contribution is 6.09. The summed E-state index contributed by atoms with van der Waals surface area (Å²) in [5.74, 6) is -1.14. The number of carbonyl (C=O) groups is 4. The van der Waals surface area contributed by atoms with E-state index in [4.69, 9.17) is 0 Å². The first-order chi connectivity index (χ1) is 15.1. The van der Waals surface area contributed by atoms with Gasteiger partial charge in [0.2, 0.25) is 5.91 Å². The lowest BCUT2D eigenvalue weighted by atomic mass is 9.64. The van der Waals surface area contributed by atoms with E-state index in [1.165, 1.54) is 0 Å². The molecule has 170 valence electrons. The van der Waals surface area contributed by atoms with Crippen molar-refractivity contribution in [1.29, 1.82) is 0 Å². The van der Waals surface area contributed by atoms with E-state index in [1.54, 1.807) is 6.20 Å². The molecular weight excluding hydrogens is 410 g/mol. The van der Waals surface area contributed by atoms with Crippen molar-refractivity contribution in [3.8, 4) is 0 Å². The van der Waals surface area contributed by atoms with Crippen molar-refractivity contribution in [1.82, 2.24) is 26.1 Å². The molecule has 9 nitrogen and oxygen atoms in total. The molecule has 2 unspecified atom stereocenters. The van der Waals surface area contributed by atoms with E-state index in [0.29, 0.717) is 12.8 Å². The summed E-state index contributed by atoms with van der Waals surface area (Å²) in [5.41, 5.74) is 5.34. The predicted molar refractivity (Wildman–Crippen MR) is 118 cm³/mol. The molecule has 1 spiro atoms. The van der Waals surface area contributed by atoms with Crippen LogP contribution in [0.2, 0.25) is 0 Å². The molecule has 2 atom stereocenters. The molecule has 1 saturated heterocycles. The zero-order chi connectivity index (χ0) is 23.1. The monoisotopic (exact) mass is 439 g/mol. The number of amides is 5. The number of nitrogens with one attached hydrogen (secondary N) is 4. The van der Waals surface area contributed by atoms with Crippen molar-refractivity contribution in [2.24, 2.45) is 11.3 Å². The van der Waals surface area contributed by atoms with Gasteiger partial charge in [-0.3, -0.25) is 30.1 Å². The standard InChI is InChI=1S/C23H29N5O4/c1-14-9-22(2,3)13-23(10-14)20(31)28(21(32)25-23)12-19(30)27-26-18(29)8-15-11-24-17-7-5-4-6-16(15)17/h4-7,11,14,24H,8-10,12-13H2,1-3H3,(H,25,32)(H,26,29)(H,27,30). The van der Waals surface area contributed by atoms with E-state index < -0.39 is 29.9 Å². The Morgan fingerprint density at radius 2 is 1.84 bits per heavy atom. The Bertz CT molecular complexity index is 1090. The topological polar surface area (TPSA) is 123 Å². The van der Waals surface area contributed by atoms with Gasteiger partial charge in [0.25, 0.3) is 11.8 Å². The van der Waals surface area contributed by atoms with Crippen LogP contribution in [0, 0.1) is 11.3 Å². The van der Waals surface area contributed by atoms with Crippen molar-refractivity contribution in [2.45, 2.75) is 52.0 Å². The molecule has 2 aliphatic rings. The quantitative estimate of drug-likeness (QED) is 0.430. The van der Waals surface area contributed by atoms with Gasteiger partial charge in [-0.05, 0) is 42.2 Å². The number of aromatic amines is 1. The first-order valence-corrected chi connectivity index (χ1v) is 10.9. The Kier molecular flexibility index (Phi) is 5.44. The smallest absolute Gasteiger partial charge is 0.325 e. The van der Waals surface area contributed by atoms with Crippen LogP contribution in [0.4, 0.5) is 4.79 Å². The third kappa shape index (κ3) is 4.19. The second kappa shape index (κ2) is 7.96. The highest BCUT2D eigenvalue weighted by atomic mass is 16.2. The second-order valence-electron chi connectivity index (χ2n) is 9.89. The van der Waals surface area contributed by atoms with E-state index in [9.17, 15) is 19.2 Å². The number of H-pyrrole nitrogens is 1. The van der Waals surface area contributed by atoms with E-state index in [1.807, 2.05) is 24.3 Å². The van der Waals surface area contributed by atoms with Crippen LogP contribution >= 0.6 is 0 Å². The van der Waals surface area contributed by atoms with Crippen molar-refractivity contribution in [2.75, 3.05) is 6.54 Å². The number of hydrazine groups is 1. The fraction of sp³-hybridized carbons (Fsp3) is 0.478. The van der Waals surface area contributed by atoms with Gasteiger partial charge in [0.1, 0.15) is 12.1 Å². The fourth-order valence-electron chi connectivity index (χ4n) is 5.47. The highest BCUT2D eigenvalue weighted by Crippen LogP contribution is 2.46. The lowest BCUT2D eigenvalue weighted by Crippen LogP contribution is -2.54. The molecule has 5 amide bonds. The lowest BCUT2D eigenvalue weighted by molar-refractivity contribution is -0.138. The Hall–Kier alpha value is -3.36. The first-order valence-electron chi connectivity index (χ1n) is 10.9. The van der Waals surface area contributed by atoms with Crippen LogP contribution < -0.4 is 16.2 Å². The number of nitrogens with zero attached hydrogens (tertiary/aromatic N) is 1. The number of para-hydroxylation sites is 1. The molecule has 2 heterocycles. The molecule has 4 N–H and O–H groups in total. The van der Waals surface area contributed by atoms with Gasteiger partial charge in [-0.15, -0.1) is 0 Å². The molecule has 4 rings (SSSR count). The SMILES string of the molecule is CC1CC(C)(C)CC2(C1)NC(=O)N(CC(=O)NNC(=O)Cc1c[nH]c3ccccc13)C2=O. The predicted octanol–water partition coefficient (Wildman–Crippen LogP) is 1.99. The maximum absolute atomic E-state index is 13.1. The molecule has 32 heavy (non-hydrogen) atoms. The molecule has 0 bridgehead atoms. The van der Waals surface area contributed by atoms with Gasteiger partial charge in [0, 0.05) is 17.1 Å². The Labute approximate surface area is 186 Å². The van der Waals surface area contributed by atoms with E-state index in [-0.39, 0.29) is 23.7 Å². The van der Waals surface area contributed by atoms with Crippen molar-refractivity contribution in [3.05, 3.63) is 36.0 Å². The van der Waals surface area contributed by atoms with Crippen molar-refractivity contribution >= 4 is 34.7 Å². The number of fused-ring (bicyclic) bond motifs is 1. The summed E-state index contributed by atoms with van der Waals surface area (Å²) in [7, 11) is 0. The van der Waals surface area contributed by atoms with Gasteiger partial charge in [-0.2, -0.15) is 0 Å². The van der Waals surface area contributed by atoms with Gasteiger partial charge < -0.3 is 10.3 Å². The largest absolute Gasteiger partial charge is 0.361 e. The average Bonchev–Trinajstić information content (AvgIpc) is 3.19. The third-order valence-corrected chi connectivity index (χ3v) is 6.29. The highest BCUT2D eigenvalue weighted by Gasteiger charge is 2.56. The Morgan fingerprint density at radius 3 is 2.59 bits per heavy atom. The van der Waals surface area contributed by atoms with Gasteiger partial charge in [-0.1, -0.05) is 39.0 Å². The maximum atomic E-state index is 13.1. The second-order valence-corrected chi connectivity index (χ2v) is 9.89. The van der Waals surface area contributed by atoms with Crippen molar-refractivity contribution in [3.63, 3.8) is 0 Å². The summed E-state index contributed by atoms with van der Waals surface area (Å²) < 4.78 is 0. The Balaban J connectivity index is 1.33. The normalized spacial score (nSPS) is 24.6. The summed E-state index contributed by atoms with van der Waals surface area (Å²) >= 11 is 0. The van der Waals surface area contributed by atoms with Gasteiger partial charge >= 0.3 is 6.03 Å². The van der Waals surface area contributed by atoms with Crippen LogP contribution in [0.5, 0.6) is 0 Å². The van der Waals surface area contributed by atoms with Crippen molar-refractivity contribution < 1.29 is 19.2 Å². The van der Waals surface area contributed by atoms with Crippen LogP contribution in [0.15, 0.2) is 30.5 Å². The third-order valence-electron chi connectivity index (χ3n) is 6.29. The number of carbonyl (C=O) groups excluding carboxylic acids is 4. The number of imide groups is 1. The molecule has 1 saturated carbocycles. The molecule has 1 aromatic heterocycles. The van der Waals surface area contributed by atoms with Crippen LogP contribution in [0.3, 0.4) is 0 Å². The summed E-state index contributed by atoms with van der Waals surface area (Å²) in [6.45, 7) is 5.79. The number of benzene rings is 1. The molecule has 2 fully saturated rings. The summed E-state index contributed by atoms with van der Waals surface area (Å²) in [4.78, 5) is 54.3. The van der Waals surface area contributed by atoms with Gasteiger partial charge in [0.05, 0.1) is 6.42 Å². The van der Waals surface area contributed by atoms with Crippen LogP contribution in [-0.2, 0) is 20.8 Å². The Morgan fingerprint density at radius 1 is 1.12 bits per heavy atom. The number of urea groups is 1. The van der Waals surface area contributed by atoms with Crippen LogP contribution in [0.1, 0.15) is 45.6 Å². The number of hydrogen-bond donors (Lipinski definition) is 4.